The van der Waals surface area contributed by atoms with Crippen molar-refractivity contribution in [3.63, 3.8) is 0 Å². The van der Waals surface area contributed by atoms with E-state index < -0.39 is 0 Å². The maximum Gasteiger partial charge on any atom is 0.0409 e. The molecule has 0 radical (unpaired) electrons. The predicted octanol–water partition coefficient (Wildman–Crippen LogP) is 4.83. The molecule has 2 nitrogen and oxygen atoms in total. The van der Waals surface area contributed by atoms with Gasteiger partial charge in [0, 0.05) is 36.7 Å². The van der Waals surface area contributed by atoms with Gasteiger partial charge in [0.15, 0.2) is 0 Å². The zero-order chi connectivity index (χ0) is 17.4. The van der Waals surface area contributed by atoms with Crippen molar-refractivity contribution in [2.24, 2.45) is 5.41 Å². The van der Waals surface area contributed by atoms with Crippen LogP contribution in [-0.4, -0.2) is 24.0 Å². The highest BCUT2D eigenvalue weighted by molar-refractivity contribution is 6.30. The van der Waals surface area contributed by atoms with Gasteiger partial charge in [-0.25, -0.2) is 0 Å². The summed E-state index contributed by atoms with van der Waals surface area (Å²) < 4.78 is 0. The van der Waals surface area contributed by atoms with Crippen molar-refractivity contribution in [2.45, 2.75) is 45.3 Å². The van der Waals surface area contributed by atoms with Crippen LogP contribution in [0.3, 0.4) is 0 Å². The van der Waals surface area contributed by atoms with Crippen LogP contribution in [0.4, 0.5) is 0 Å². The standard InChI is InChI=1S/C22H27ClN2/c1-22(2)13-17-8-9-18(23)12-20(17)21(22)24-19-10-11-25(15-19)14-16-6-4-3-5-7-16/h3-9,12,19,21,24H,10-11,13-15H2,1-2H3. The molecule has 2 aromatic rings. The second kappa shape index (κ2) is 6.75. The fourth-order valence-corrected chi connectivity index (χ4v) is 4.69. The lowest BCUT2D eigenvalue weighted by molar-refractivity contribution is 0.241. The maximum absolute atomic E-state index is 6.28. The molecule has 1 N–H and O–H groups in total. The summed E-state index contributed by atoms with van der Waals surface area (Å²) in [7, 11) is 0. The number of hydrogen-bond acceptors (Lipinski definition) is 2. The normalized spacial score (nSPS) is 25.2. The summed E-state index contributed by atoms with van der Waals surface area (Å²) in [5.74, 6) is 0. The van der Waals surface area contributed by atoms with Crippen molar-refractivity contribution >= 4 is 11.6 Å². The quantitative estimate of drug-likeness (QED) is 0.846. The van der Waals surface area contributed by atoms with Crippen LogP contribution in [-0.2, 0) is 13.0 Å². The first-order valence-electron chi connectivity index (χ1n) is 9.32. The van der Waals surface area contributed by atoms with Gasteiger partial charge in [-0.15, -0.1) is 0 Å². The van der Waals surface area contributed by atoms with Gasteiger partial charge >= 0.3 is 0 Å². The molecule has 0 spiro atoms. The SMILES string of the molecule is CC1(C)Cc2ccc(Cl)cc2C1NC1CCN(Cc2ccccc2)C1. The number of benzene rings is 2. The number of likely N-dealkylation sites (tertiary alicyclic amines) is 1. The van der Waals surface area contributed by atoms with Gasteiger partial charge in [-0.05, 0) is 47.1 Å². The highest BCUT2D eigenvalue weighted by Gasteiger charge is 2.40. The summed E-state index contributed by atoms with van der Waals surface area (Å²) >= 11 is 6.28. The first-order chi connectivity index (χ1) is 12.0. The molecule has 0 aromatic heterocycles. The van der Waals surface area contributed by atoms with Crippen LogP contribution in [0.25, 0.3) is 0 Å². The Labute approximate surface area is 156 Å². The van der Waals surface area contributed by atoms with Crippen LogP contribution < -0.4 is 5.32 Å². The fraction of sp³-hybridized carbons (Fsp3) is 0.455. The number of fused-ring (bicyclic) bond motifs is 1. The Kier molecular flexibility index (Phi) is 4.61. The van der Waals surface area contributed by atoms with Crippen LogP contribution >= 0.6 is 11.6 Å². The molecule has 25 heavy (non-hydrogen) atoms. The number of rotatable bonds is 4. The van der Waals surface area contributed by atoms with Crippen LogP contribution in [0.5, 0.6) is 0 Å². The van der Waals surface area contributed by atoms with E-state index in [2.05, 4.69) is 66.5 Å². The minimum Gasteiger partial charge on any atom is -0.305 e. The second-order valence-corrected chi connectivity index (χ2v) is 8.75. The summed E-state index contributed by atoms with van der Waals surface area (Å²) in [6.07, 6.45) is 2.34. The first-order valence-corrected chi connectivity index (χ1v) is 9.70. The lowest BCUT2D eigenvalue weighted by Gasteiger charge is -2.31. The molecule has 2 unspecified atom stereocenters. The molecule has 1 saturated heterocycles. The molecule has 4 rings (SSSR count). The van der Waals surface area contributed by atoms with Gasteiger partial charge in [0.05, 0.1) is 0 Å². The molecule has 2 aliphatic rings. The Morgan fingerprint density at radius 1 is 1.16 bits per heavy atom. The molecular formula is C22H27ClN2. The highest BCUT2D eigenvalue weighted by Crippen LogP contribution is 2.46. The van der Waals surface area contributed by atoms with Gasteiger partial charge in [-0.3, -0.25) is 4.90 Å². The van der Waals surface area contributed by atoms with Crippen molar-refractivity contribution in [3.05, 3.63) is 70.2 Å². The van der Waals surface area contributed by atoms with E-state index in [0.29, 0.717) is 12.1 Å². The van der Waals surface area contributed by atoms with E-state index in [4.69, 9.17) is 11.6 Å². The van der Waals surface area contributed by atoms with E-state index in [9.17, 15) is 0 Å². The number of halogens is 1. The summed E-state index contributed by atoms with van der Waals surface area (Å²) in [6, 6.07) is 18.1. The molecule has 0 bridgehead atoms. The third kappa shape index (κ3) is 3.62. The summed E-state index contributed by atoms with van der Waals surface area (Å²) in [5, 5.41) is 4.81. The Morgan fingerprint density at radius 3 is 2.76 bits per heavy atom. The summed E-state index contributed by atoms with van der Waals surface area (Å²) in [6.45, 7) is 8.08. The third-order valence-corrected chi connectivity index (χ3v) is 6.01. The van der Waals surface area contributed by atoms with Crippen LogP contribution in [0.15, 0.2) is 48.5 Å². The topological polar surface area (TPSA) is 15.3 Å². The second-order valence-electron chi connectivity index (χ2n) is 8.31. The highest BCUT2D eigenvalue weighted by atomic mass is 35.5. The van der Waals surface area contributed by atoms with Gasteiger partial charge in [0.25, 0.3) is 0 Å². The molecule has 0 amide bonds. The van der Waals surface area contributed by atoms with Crippen molar-refractivity contribution in [2.75, 3.05) is 13.1 Å². The van der Waals surface area contributed by atoms with E-state index in [1.54, 1.807) is 0 Å². The van der Waals surface area contributed by atoms with Gasteiger partial charge < -0.3 is 5.32 Å². The Balaban J connectivity index is 1.43. The van der Waals surface area contributed by atoms with Crippen molar-refractivity contribution in [3.8, 4) is 0 Å². The molecule has 2 atom stereocenters. The van der Waals surface area contributed by atoms with E-state index in [1.165, 1.54) is 29.7 Å². The lowest BCUT2D eigenvalue weighted by Crippen LogP contribution is -2.40. The van der Waals surface area contributed by atoms with Crippen LogP contribution in [0, 0.1) is 5.41 Å². The van der Waals surface area contributed by atoms with E-state index in [0.717, 1.165) is 24.5 Å². The molecule has 2 aromatic carbocycles. The minimum absolute atomic E-state index is 0.236. The average Bonchev–Trinajstić information content (AvgIpc) is 3.11. The Morgan fingerprint density at radius 2 is 1.96 bits per heavy atom. The molecule has 1 fully saturated rings. The number of nitrogens with one attached hydrogen (secondary N) is 1. The van der Waals surface area contributed by atoms with E-state index >= 15 is 0 Å². The smallest absolute Gasteiger partial charge is 0.0409 e. The Hall–Kier alpha value is -1.35. The third-order valence-electron chi connectivity index (χ3n) is 5.77. The van der Waals surface area contributed by atoms with Gasteiger partial charge in [-0.1, -0.05) is 61.8 Å². The molecule has 3 heteroatoms. The summed E-state index contributed by atoms with van der Waals surface area (Å²) in [5.41, 5.74) is 4.49. The van der Waals surface area contributed by atoms with Gasteiger partial charge in [-0.2, -0.15) is 0 Å². The molecule has 132 valence electrons. The van der Waals surface area contributed by atoms with E-state index in [-0.39, 0.29) is 5.41 Å². The zero-order valence-electron chi connectivity index (χ0n) is 15.1. The van der Waals surface area contributed by atoms with Crippen molar-refractivity contribution < 1.29 is 0 Å². The minimum atomic E-state index is 0.236. The monoisotopic (exact) mass is 354 g/mol. The van der Waals surface area contributed by atoms with Crippen LogP contribution in [0.2, 0.25) is 5.02 Å². The summed E-state index contributed by atoms with van der Waals surface area (Å²) in [4.78, 5) is 2.56. The van der Waals surface area contributed by atoms with Gasteiger partial charge in [0.2, 0.25) is 0 Å². The molecule has 1 aliphatic carbocycles. The Bertz CT molecular complexity index is 741. The molecule has 1 aliphatic heterocycles. The average molecular weight is 355 g/mol. The molecule has 0 saturated carbocycles. The van der Waals surface area contributed by atoms with Gasteiger partial charge in [0.1, 0.15) is 0 Å². The lowest BCUT2D eigenvalue weighted by atomic mass is 9.85. The molecule has 1 heterocycles. The van der Waals surface area contributed by atoms with Crippen molar-refractivity contribution in [1.29, 1.82) is 0 Å². The fourth-order valence-electron chi connectivity index (χ4n) is 4.51. The maximum atomic E-state index is 6.28. The van der Waals surface area contributed by atoms with E-state index in [1.807, 2.05) is 6.07 Å². The largest absolute Gasteiger partial charge is 0.305 e. The van der Waals surface area contributed by atoms with Crippen LogP contribution in [0.1, 0.15) is 43.0 Å². The number of nitrogens with zero attached hydrogens (tertiary/aromatic N) is 1. The van der Waals surface area contributed by atoms with Crippen molar-refractivity contribution in [1.82, 2.24) is 10.2 Å². The predicted molar refractivity (Wildman–Crippen MR) is 105 cm³/mol. The first kappa shape index (κ1) is 17.1. The number of hydrogen-bond donors (Lipinski definition) is 1. The molecular weight excluding hydrogens is 328 g/mol. The zero-order valence-corrected chi connectivity index (χ0v) is 15.9.